The first-order valence-electron chi connectivity index (χ1n) is 21.6. The molecule has 3 heterocycles. The Morgan fingerprint density at radius 2 is 1.54 bits per heavy atom. The maximum atomic E-state index is 14.1. The minimum absolute atomic E-state index is 0.0215. The molecule has 1 aliphatic rings. The van der Waals surface area contributed by atoms with Crippen LogP contribution in [0.2, 0.25) is 0 Å². The first kappa shape index (κ1) is 48.6. The van der Waals surface area contributed by atoms with Gasteiger partial charge in [-0.05, 0) is 49.2 Å². The maximum Gasteiger partial charge on any atom is 0.472 e. The number of fused-ring (bicyclic) bond motifs is 1. The van der Waals surface area contributed by atoms with E-state index >= 15 is 0 Å². The van der Waals surface area contributed by atoms with Gasteiger partial charge in [0.05, 0.1) is 43.8 Å². The Bertz CT molecular complexity index is 1760. The Hall–Kier alpha value is -3.03. The zero-order chi connectivity index (χ0) is 42.5. The van der Waals surface area contributed by atoms with Gasteiger partial charge in [-0.2, -0.15) is 10.4 Å². The van der Waals surface area contributed by atoms with Gasteiger partial charge in [0.1, 0.15) is 47.7 Å². The number of benzene rings is 1. The molecule has 3 aromatic rings. The number of aliphatic hydroxyl groups is 2. The van der Waals surface area contributed by atoms with Crippen molar-refractivity contribution in [1.82, 2.24) is 14.6 Å². The number of rotatable bonds is 31. The van der Waals surface area contributed by atoms with E-state index in [-0.39, 0.29) is 24.6 Å². The molecule has 330 valence electrons. The highest BCUT2D eigenvalue weighted by Gasteiger charge is 2.54. The van der Waals surface area contributed by atoms with Crippen molar-refractivity contribution in [2.45, 2.75) is 166 Å². The van der Waals surface area contributed by atoms with Gasteiger partial charge in [-0.25, -0.2) is 18.5 Å². The molecule has 0 bridgehead atoms. The van der Waals surface area contributed by atoms with E-state index in [4.69, 9.17) is 29.0 Å². The Balaban J connectivity index is 1.15. The Morgan fingerprint density at radius 3 is 2.15 bits per heavy atom. The lowest BCUT2D eigenvalue weighted by Crippen LogP contribution is -2.39. The summed E-state index contributed by atoms with van der Waals surface area (Å²) < 4.78 is 56.8. The molecule has 0 aliphatic carbocycles. The van der Waals surface area contributed by atoms with Crippen molar-refractivity contribution >= 4 is 19.2 Å². The Labute approximate surface area is 349 Å². The van der Waals surface area contributed by atoms with E-state index in [9.17, 15) is 29.3 Å². The third-order valence-corrected chi connectivity index (χ3v) is 11.9. The van der Waals surface area contributed by atoms with E-state index in [0.29, 0.717) is 23.4 Å². The highest BCUT2D eigenvalue weighted by Crippen LogP contribution is 2.46. The van der Waals surface area contributed by atoms with E-state index in [1.54, 1.807) is 19.1 Å². The standard InChI is InChI=1S/C43H67FN5O9P/c1-3-4-5-6-7-8-9-10-11-12-13-14-15-16-17-18-19-20-23-54-29-36(55-28-34-24-33(27-45)25-35(44)26-34)30-56-59(52,53)57-31-38-40(50)41(51)43(2,58-38)39-22-21-37-42(46)47-32-48-49(37)39/h21-22,24-26,32,36,38,40-41,50-51H,3-20,23,28-31H2,1-2H3,(H,52,53)(H2,46,47,48)/t36-,38-,40-,41-,43+/m1/s1. The van der Waals surface area contributed by atoms with Crippen LogP contribution in [0.5, 0.6) is 0 Å². The SMILES string of the molecule is CCCCCCCCCCCCCCCCCCCCOC[C@H](COP(=O)(O)OC[C@H]1O[C@@](C)(c2ccc3c(N)ncnn23)[C@H](O)[C@@H]1O)OCc1cc(F)cc(C#N)c1. The van der Waals surface area contributed by atoms with Gasteiger partial charge in [0, 0.05) is 6.61 Å². The molecule has 4 rings (SSSR count). The normalized spacial score (nSPS) is 20.9. The van der Waals surface area contributed by atoms with Crippen LogP contribution in [0.1, 0.15) is 146 Å². The number of phosphoric acid groups is 1. The lowest BCUT2D eigenvalue weighted by atomic mass is 9.93. The lowest BCUT2D eigenvalue weighted by Gasteiger charge is -2.27. The molecule has 0 spiro atoms. The molecule has 1 fully saturated rings. The van der Waals surface area contributed by atoms with Crippen LogP contribution < -0.4 is 5.73 Å². The number of aromatic nitrogens is 3. The number of nitriles is 1. The molecule has 1 unspecified atom stereocenters. The molecular weight excluding hydrogens is 780 g/mol. The van der Waals surface area contributed by atoms with Crippen molar-refractivity contribution in [2.24, 2.45) is 0 Å². The number of aliphatic hydroxyl groups excluding tert-OH is 2. The Morgan fingerprint density at radius 1 is 0.932 bits per heavy atom. The Kier molecular flexibility index (Phi) is 21.2. The van der Waals surface area contributed by atoms with E-state index < -0.39 is 56.9 Å². The van der Waals surface area contributed by atoms with Gasteiger partial charge < -0.3 is 35.1 Å². The van der Waals surface area contributed by atoms with Crippen LogP contribution in [0.15, 0.2) is 36.7 Å². The summed E-state index contributed by atoms with van der Waals surface area (Å²) in [6.07, 6.45) is 19.3. The molecule has 1 aliphatic heterocycles. The van der Waals surface area contributed by atoms with E-state index in [2.05, 4.69) is 17.0 Å². The van der Waals surface area contributed by atoms with E-state index in [1.807, 2.05) is 6.07 Å². The van der Waals surface area contributed by atoms with Gasteiger partial charge in [-0.1, -0.05) is 116 Å². The predicted octanol–water partition coefficient (Wildman–Crippen LogP) is 8.44. The predicted molar refractivity (Wildman–Crippen MR) is 223 cm³/mol. The summed E-state index contributed by atoms with van der Waals surface area (Å²) in [4.78, 5) is 14.5. The largest absolute Gasteiger partial charge is 0.472 e. The summed E-state index contributed by atoms with van der Waals surface area (Å²) in [5.41, 5.74) is 5.85. The molecule has 0 amide bonds. The van der Waals surface area contributed by atoms with Crippen molar-refractivity contribution in [3.8, 4) is 6.07 Å². The number of nitrogens with zero attached hydrogens (tertiary/aromatic N) is 4. The number of phosphoric ester groups is 1. The molecule has 0 saturated carbocycles. The molecule has 1 saturated heterocycles. The van der Waals surface area contributed by atoms with E-state index in [0.717, 1.165) is 25.3 Å². The molecule has 16 heteroatoms. The quantitative estimate of drug-likeness (QED) is 0.0355. The summed E-state index contributed by atoms with van der Waals surface area (Å²) in [6.45, 7) is 3.17. The third-order valence-electron chi connectivity index (χ3n) is 11.0. The molecule has 5 N–H and O–H groups in total. The second kappa shape index (κ2) is 25.7. The van der Waals surface area contributed by atoms with Crippen LogP contribution in [0.4, 0.5) is 10.2 Å². The molecular formula is C43H67FN5O9P. The molecule has 1 aromatic carbocycles. The summed E-state index contributed by atoms with van der Waals surface area (Å²) in [6, 6.07) is 9.05. The van der Waals surface area contributed by atoms with Crippen LogP contribution in [-0.4, -0.2) is 80.5 Å². The van der Waals surface area contributed by atoms with Crippen LogP contribution in [0.3, 0.4) is 0 Å². The number of anilines is 1. The molecule has 2 aromatic heterocycles. The van der Waals surface area contributed by atoms with Crippen molar-refractivity contribution in [3.05, 3.63) is 59.3 Å². The average molecular weight is 848 g/mol. The van der Waals surface area contributed by atoms with Crippen LogP contribution >= 0.6 is 7.82 Å². The summed E-state index contributed by atoms with van der Waals surface area (Å²) in [5, 5.41) is 35.3. The molecule has 0 radical (unpaired) electrons. The number of ether oxygens (including phenoxy) is 3. The second-order valence-electron chi connectivity index (χ2n) is 15.9. The minimum Gasteiger partial charge on any atom is -0.387 e. The number of unbranched alkanes of at least 4 members (excludes halogenated alkanes) is 17. The topological polar surface area (TPSA) is 204 Å². The maximum absolute atomic E-state index is 14.1. The van der Waals surface area contributed by atoms with Crippen LogP contribution in [0, 0.1) is 17.1 Å². The fourth-order valence-corrected chi connectivity index (χ4v) is 8.28. The lowest BCUT2D eigenvalue weighted by molar-refractivity contribution is -0.0901. The van der Waals surface area contributed by atoms with Crippen molar-refractivity contribution in [2.75, 3.05) is 32.2 Å². The smallest absolute Gasteiger partial charge is 0.387 e. The third kappa shape index (κ3) is 16.1. The van der Waals surface area contributed by atoms with Crippen molar-refractivity contribution in [3.63, 3.8) is 0 Å². The monoisotopic (exact) mass is 847 g/mol. The number of nitrogen functional groups attached to an aromatic ring is 1. The van der Waals surface area contributed by atoms with Crippen molar-refractivity contribution in [1.29, 1.82) is 5.26 Å². The zero-order valence-corrected chi connectivity index (χ0v) is 35.9. The zero-order valence-electron chi connectivity index (χ0n) is 35.0. The summed E-state index contributed by atoms with van der Waals surface area (Å²) >= 11 is 0. The van der Waals surface area contributed by atoms with Gasteiger partial charge in [0.15, 0.2) is 5.82 Å². The minimum atomic E-state index is -4.74. The van der Waals surface area contributed by atoms with Gasteiger partial charge in [0.25, 0.3) is 0 Å². The second-order valence-corrected chi connectivity index (χ2v) is 17.4. The van der Waals surface area contributed by atoms with E-state index in [1.165, 1.54) is 119 Å². The van der Waals surface area contributed by atoms with Crippen LogP contribution in [0.25, 0.3) is 5.52 Å². The van der Waals surface area contributed by atoms with Crippen molar-refractivity contribution < 1.29 is 47.3 Å². The number of nitrogens with two attached hydrogens (primary N) is 1. The molecule has 14 nitrogen and oxygen atoms in total. The van der Waals surface area contributed by atoms with Gasteiger partial charge >= 0.3 is 7.82 Å². The fraction of sp³-hybridized carbons (Fsp3) is 0.698. The summed E-state index contributed by atoms with van der Waals surface area (Å²) in [5.74, 6) is -0.378. The highest BCUT2D eigenvalue weighted by molar-refractivity contribution is 7.47. The van der Waals surface area contributed by atoms with Gasteiger partial charge in [-0.15, -0.1) is 0 Å². The molecule has 59 heavy (non-hydrogen) atoms. The fourth-order valence-electron chi connectivity index (χ4n) is 7.52. The first-order chi connectivity index (χ1) is 28.5. The number of hydrogen-bond donors (Lipinski definition) is 4. The first-order valence-corrected chi connectivity index (χ1v) is 23.1. The highest BCUT2D eigenvalue weighted by atomic mass is 31.2. The average Bonchev–Trinajstić information content (AvgIpc) is 3.76. The molecule has 6 atom stereocenters. The summed E-state index contributed by atoms with van der Waals surface area (Å²) in [7, 11) is -4.74. The van der Waals surface area contributed by atoms with Crippen LogP contribution in [-0.2, 0) is 40.0 Å². The number of hydrogen-bond acceptors (Lipinski definition) is 12. The number of halogens is 1. The van der Waals surface area contributed by atoms with Gasteiger partial charge in [0.2, 0.25) is 0 Å². The van der Waals surface area contributed by atoms with Gasteiger partial charge in [-0.3, -0.25) is 9.05 Å².